The highest BCUT2D eigenvalue weighted by atomic mass is 79.9. The van der Waals surface area contributed by atoms with Crippen molar-refractivity contribution in [2.24, 2.45) is 0 Å². The monoisotopic (exact) mass is 436 g/mol. The zero-order chi connectivity index (χ0) is 19.6. The smallest absolute Gasteiger partial charge is 0.127 e. The van der Waals surface area contributed by atoms with Crippen LogP contribution in [0.1, 0.15) is 29.5 Å². The van der Waals surface area contributed by atoms with Gasteiger partial charge in [-0.25, -0.2) is 0 Å². The molecule has 0 aliphatic carbocycles. The van der Waals surface area contributed by atoms with E-state index in [0.717, 1.165) is 51.9 Å². The molecule has 0 N–H and O–H groups in total. The van der Waals surface area contributed by atoms with E-state index in [1.54, 1.807) is 7.11 Å². The SMILES string of the molecule is COc1cccc(/C=C(/c2ccccc2)c2ccccc2OCCCCBr)c1. The maximum atomic E-state index is 6.14. The van der Waals surface area contributed by atoms with Gasteiger partial charge in [0, 0.05) is 10.9 Å². The van der Waals surface area contributed by atoms with Gasteiger partial charge >= 0.3 is 0 Å². The first-order valence-electron chi connectivity index (χ1n) is 9.51. The number of ether oxygens (including phenoxy) is 2. The normalized spacial score (nSPS) is 11.3. The molecule has 3 aromatic rings. The number of hydrogen-bond acceptors (Lipinski definition) is 2. The molecule has 3 aromatic carbocycles. The van der Waals surface area contributed by atoms with E-state index in [4.69, 9.17) is 9.47 Å². The number of unbranched alkanes of at least 4 members (excludes halogenated alkanes) is 1. The van der Waals surface area contributed by atoms with Crippen molar-refractivity contribution in [3.05, 3.63) is 95.6 Å². The van der Waals surface area contributed by atoms with E-state index >= 15 is 0 Å². The molecule has 0 amide bonds. The van der Waals surface area contributed by atoms with Gasteiger partial charge in [0.05, 0.1) is 13.7 Å². The Balaban J connectivity index is 2.02. The van der Waals surface area contributed by atoms with E-state index in [0.29, 0.717) is 6.61 Å². The predicted octanol–water partition coefficient (Wildman–Crippen LogP) is 6.84. The first-order chi connectivity index (χ1) is 13.8. The molecule has 0 bridgehead atoms. The van der Waals surface area contributed by atoms with Crippen LogP contribution < -0.4 is 9.47 Å². The van der Waals surface area contributed by atoms with Crippen molar-refractivity contribution < 1.29 is 9.47 Å². The second kappa shape index (κ2) is 10.7. The van der Waals surface area contributed by atoms with Crippen molar-refractivity contribution in [1.82, 2.24) is 0 Å². The van der Waals surface area contributed by atoms with Crippen molar-refractivity contribution in [1.29, 1.82) is 0 Å². The van der Waals surface area contributed by atoms with Crippen LogP contribution in [-0.2, 0) is 0 Å². The molecule has 0 saturated carbocycles. The lowest BCUT2D eigenvalue weighted by molar-refractivity contribution is 0.309. The van der Waals surface area contributed by atoms with Gasteiger partial charge < -0.3 is 9.47 Å². The van der Waals surface area contributed by atoms with Gasteiger partial charge in [-0.15, -0.1) is 0 Å². The quantitative estimate of drug-likeness (QED) is 0.207. The van der Waals surface area contributed by atoms with E-state index < -0.39 is 0 Å². The summed E-state index contributed by atoms with van der Waals surface area (Å²) in [5.41, 5.74) is 4.47. The Hall–Kier alpha value is -2.52. The van der Waals surface area contributed by atoms with Gasteiger partial charge in [0.15, 0.2) is 0 Å². The van der Waals surface area contributed by atoms with Crippen molar-refractivity contribution in [3.63, 3.8) is 0 Å². The highest BCUT2D eigenvalue weighted by molar-refractivity contribution is 9.09. The lowest BCUT2D eigenvalue weighted by Gasteiger charge is -2.15. The van der Waals surface area contributed by atoms with Crippen LogP contribution in [-0.4, -0.2) is 19.0 Å². The minimum absolute atomic E-state index is 0.712. The third-order valence-electron chi connectivity index (χ3n) is 4.45. The molecule has 0 unspecified atom stereocenters. The number of methoxy groups -OCH3 is 1. The molecule has 0 aliphatic heterocycles. The Bertz CT molecular complexity index is 903. The van der Waals surface area contributed by atoms with Gasteiger partial charge in [0.25, 0.3) is 0 Å². The average Bonchev–Trinajstić information content (AvgIpc) is 2.76. The first-order valence-corrected chi connectivity index (χ1v) is 10.6. The van der Waals surface area contributed by atoms with Crippen LogP contribution in [0.5, 0.6) is 11.5 Å². The molecule has 0 aromatic heterocycles. The fourth-order valence-corrected chi connectivity index (χ4v) is 3.42. The van der Waals surface area contributed by atoms with Crippen LogP contribution in [0.2, 0.25) is 0 Å². The minimum atomic E-state index is 0.712. The lowest BCUT2D eigenvalue weighted by Crippen LogP contribution is -2.01. The van der Waals surface area contributed by atoms with Gasteiger partial charge in [0.2, 0.25) is 0 Å². The molecule has 0 aliphatic rings. The standard InChI is InChI=1S/C25H25BrO2/c1-27-22-13-9-10-20(18-22)19-24(21-11-3-2-4-12-21)23-14-5-6-15-25(23)28-17-8-7-16-26/h2-6,9-15,18-19H,7-8,16-17H2,1H3/b24-19-. The second-order valence-corrected chi connectivity index (χ2v) is 7.23. The fraction of sp³-hybridized carbons (Fsp3) is 0.200. The summed E-state index contributed by atoms with van der Waals surface area (Å²) in [6, 6.07) is 26.8. The predicted molar refractivity (Wildman–Crippen MR) is 121 cm³/mol. The number of hydrogen-bond donors (Lipinski definition) is 0. The second-order valence-electron chi connectivity index (χ2n) is 6.44. The summed E-state index contributed by atoms with van der Waals surface area (Å²) in [4.78, 5) is 0. The van der Waals surface area contributed by atoms with Gasteiger partial charge in [-0.1, -0.05) is 76.6 Å². The summed E-state index contributed by atoms with van der Waals surface area (Å²) in [5, 5.41) is 1.00. The molecule has 0 atom stereocenters. The number of alkyl halides is 1. The summed E-state index contributed by atoms with van der Waals surface area (Å²) in [6.45, 7) is 0.712. The molecule has 28 heavy (non-hydrogen) atoms. The van der Waals surface area contributed by atoms with Crippen LogP contribution in [0.3, 0.4) is 0 Å². The van der Waals surface area contributed by atoms with Crippen molar-refractivity contribution in [3.8, 4) is 11.5 Å². The first kappa shape index (κ1) is 20.2. The highest BCUT2D eigenvalue weighted by Crippen LogP contribution is 2.33. The molecule has 0 radical (unpaired) electrons. The van der Waals surface area contributed by atoms with Crippen molar-refractivity contribution >= 4 is 27.6 Å². The molecule has 2 nitrogen and oxygen atoms in total. The van der Waals surface area contributed by atoms with E-state index in [1.165, 1.54) is 0 Å². The molecule has 0 saturated heterocycles. The number of para-hydroxylation sites is 1. The van der Waals surface area contributed by atoms with Gasteiger partial charge in [-0.3, -0.25) is 0 Å². The number of rotatable bonds is 9. The Morgan fingerprint density at radius 2 is 1.68 bits per heavy atom. The fourth-order valence-electron chi connectivity index (χ4n) is 3.03. The Morgan fingerprint density at radius 1 is 0.893 bits per heavy atom. The third kappa shape index (κ3) is 5.49. The van der Waals surface area contributed by atoms with Crippen molar-refractivity contribution in [2.45, 2.75) is 12.8 Å². The summed E-state index contributed by atoms with van der Waals surface area (Å²) in [5.74, 6) is 1.76. The van der Waals surface area contributed by atoms with Gasteiger partial charge in [0.1, 0.15) is 11.5 Å². The number of benzene rings is 3. The molecular formula is C25H25BrO2. The molecular weight excluding hydrogens is 412 g/mol. The summed E-state index contributed by atoms with van der Waals surface area (Å²) >= 11 is 3.48. The minimum Gasteiger partial charge on any atom is -0.497 e. The maximum Gasteiger partial charge on any atom is 0.127 e. The lowest BCUT2D eigenvalue weighted by atomic mass is 9.95. The Labute approximate surface area is 176 Å². The van der Waals surface area contributed by atoms with Crippen LogP contribution in [0.4, 0.5) is 0 Å². The molecule has 3 heteroatoms. The summed E-state index contributed by atoms with van der Waals surface area (Å²) < 4.78 is 11.5. The average molecular weight is 437 g/mol. The van der Waals surface area contributed by atoms with E-state index in [9.17, 15) is 0 Å². The summed E-state index contributed by atoms with van der Waals surface area (Å²) in [7, 11) is 1.69. The van der Waals surface area contributed by atoms with Crippen LogP contribution in [0.25, 0.3) is 11.6 Å². The van der Waals surface area contributed by atoms with E-state index in [1.807, 2.05) is 36.4 Å². The molecule has 0 spiro atoms. The van der Waals surface area contributed by atoms with Crippen LogP contribution in [0, 0.1) is 0 Å². The van der Waals surface area contributed by atoms with Crippen molar-refractivity contribution in [2.75, 3.05) is 19.0 Å². The van der Waals surface area contributed by atoms with Crippen LogP contribution >= 0.6 is 15.9 Å². The summed E-state index contributed by atoms with van der Waals surface area (Å²) in [6.07, 6.45) is 4.33. The highest BCUT2D eigenvalue weighted by Gasteiger charge is 2.11. The third-order valence-corrected chi connectivity index (χ3v) is 5.01. The topological polar surface area (TPSA) is 18.5 Å². The van der Waals surface area contributed by atoms with Crippen LogP contribution in [0.15, 0.2) is 78.9 Å². The molecule has 0 heterocycles. The molecule has 0 fully saturated rings. The Kier molecular flexibility index (Phi) is 7.74. The molecule has 144 valence electrons. The molecule has 3 rings (SSSR count). The van der Waals surface area contributed by atoms with E-state index in [-0.39, 0.29) is 0 Å². The van der Waals surface area contributed by atoms with Gasteiger partial charge in [-0.05, 0) is 53.8 Å². The Morgan fingerprint density at radius 3 is 2.46 bits per heavy atom. The van der Waals surface area contributed by atoms with Gasteiger partial charge in [-0.2, -0.15) is 0 Å². The zero-order valence-corrected chi connectivity index (χ0v) is 17.7. The van der Waals surface area contributed by atoms with E-state index in [2.05, 4.69) is 64.5 Å². The maximum absolute atomic E-state index is 6.14. The largest absolute Gasteiger partial charge is 0.497 e. The zero-order valence-electron chi connectivity index (χ0n) is 16.1. The number of halogens is 1.